The zero-order valence-corrected chi connectivity index (χ0v) is 10.1. The van der Waals surface area contributed by atoms with E-state index >= 15 is 0 Å². The summed E-state index contributed by atoms with van der Waals surface area (Å²) in [7, 11) is 3.26. The van der Waals surface area contributed by atoms with Crippen LogP contribution in [-0.2, 0) is 0 Å². The molecule has 0 saturated carbocycles. The fourth-order valence-electron chi connectivity index (χ4n) is 1.75. The number of benzene rings is 1. The van der Waals surface area contributed by atoms with Crippen LogP contribution in [0.3, 0.4) is 0 Å². The van der Waals surface area contributed by atoms with Crippen LogP contribution in [0.4, 0.5) is 0 Å². The van der Waals surface area contributed by atoms with Gasteiger partial charge in [0.25, 0.3) is 0 Å². The molecule has 0 spiro atoms. The average Bonchev–Trinajstić information content (AvgIpc) is 2.29. The van der Waals surface area contributed by atoms with Crippen molar-refractivity contribution in [1.82, 2.24) is 0 Å². The van der Waals surface area contributed by atoms with Crippen molar-refractivity contribution in [3.63, 3.8) is 0 Å². The quantitative estimate of drug-likeness (QED) is 0.785. The Kier molecular flexibility index (Phi) is 4.58. The zero-order valence-electron chi connectivity index (χ0n) is 10.1. The maximum Gasteiger partial charge on any atom is 0.126 e. The normalized spacial score (nSPS) is 14.3. The minimum atomic E-state index is -0.00713. The third-order valence-corrected chi connectivity index (χ3v) is 2.73. The second-order valence-corrected chi connectivity index (χ2v) is 3.81. The summed E-state index contributed by atoms with van der Waals surface area (Å²) < 4.78 is 10.5. The van der Waals surface area contributed by atoms with Gasteiger partial charge in [0.05, 0.1) is 14.2 Å². The van der Waals surface area contributed by atoms with Gasteiger partial charge in [0.15, 0.2) is 0 Å². The number of ether oxygens (including phenoxy) is 2. The Morgan fingerprint density at radius 1 is 1.25 bits per heavy atom. The van der Waals surface area contributed by atoms with E-state index in [4.69, 9.17) is 20.9 Å². The third-order valence-electron chi connectivity index (χ3n) is 2.73. The SMILES string of the molecule is COc1ccc(C(CN)C(C)N)c(OC)c1. The third kappa shape index (κ3) is 2.65. The van der Waals surface area contributed by atoms with Crippen LogP contribution < -0.4 is 20.9 Å². The largest absolute Gasteiger partial charge is 0.497 e. The Balaban J connectivity index is 3.11. The van der Waals surface area contributed by atoms with Crippen LogP contribution >= 0.6 is 0 Å². The summed E-state index contributed by atoms with van der Waals surface area (Å²) in [6.07, 6.45) is 0. The van der Waals surface area contributed by atoms with Crippen LogP contribution in [-0.4, -0.2) is 26.8 Å². The first-order valence-electron chi connectivity index (χ1n) is 5.31. The lowest BCUT2D eigenvalue weighted by Crippen LogP contribution is -2.30. The van der Waals surface area contributed by atoms with E-state index in [9.17, 15) is 0 Å². The monoisotopic (exact) mass is 224 g/mol. The molecule has 4 N–H and O–H groups in total. The van der Waals surface area contributed by atoms with E-state index in [1.807, 2.05) is 25.1 Å². The van der Waals surface area contributed by atoms with Gasteiger partial charge in [0.2, 0.25) is 0 Å². The first kappa shape index (κ1) is 12.8. The van der Waals surface area contributed by atoms with Gasteiger partial charge in [0.1, 0.15) is 11.5 Å². The van der Waals surface area contributed by atoms with E-state index in [1.165, 1.54) is 0 Å². The van der Waals surface area contributed by atoms with Gasteiger partial charge in [-0.1, -0.05) is 6.07 Å². The van der Waals surface area contributed by atoms with Crippen molar-refractivity contribution in [3.05, 3.63) is 23.8 Å². The first-order chi connectivity index (χ1) is 7.63. The summed E-state index contributed by atoms with van der Waals surface area (Å²) in [5, 5.41) is 0. The molecule has 0 aliphatic carbocycles. The average molecular weight is 224 g/mol. The maximum atomic E-state index is 5.91. The molecule has 0 aliphatic rings. The summed E-state index contributed by atoms with van der Waals surface area (Å²) in [4.78, 5) is 0. The first-order valence-corrected chi connectivity index (χ1v) is 5.31. The van der Waals surface area contributed by atoms with Gasteiger partial charge in [-0.2, -0.15) is 0 Å². The molecular formula is C12H20N2O2. The summed E-state index contributed by atoms with van der Waals surface area (Å²) in [6.45, 7) is 2.45. The van der Waals surface area contributed by atoms with E-state index in [-0.39, 0.29) is 12.0 Å². The van der Waals surface area contributed by atoms with Crippen molar-refractivity contribution < 1.29 is 9.47 Å². The fraction of sp³-hybridized carbons (Fsp3) is 0.500. The molecule has 1 aromatic rings. The molecule has 2 atom stereocenters. The molecule has 2 unspecified atom stereocenters. The molecule has 4 heteroatoms. The Morgan fingerprint density at radius 2 is 1.94 bits per heavy atom. The van der Waals surface area contributed by atoms with Crippen molar-refractivity contribution in [2.24, 2.45) is 11.5 Å². The Morgan fingerprint density at radius 3 is 2.38 bits per heavy atom. The van der Waals surface area contributed by atoms with E-state index < -0.39 is 0 Å². The molecule has 0 heterocycles. The van der Waals surface area contributed by atoms with Crippen molar-refractivity contribution in [2.75, 3.05) is 20.8 Å². The van der Waals surface area contributed by atoms with Gasteiger partial charge in [-0.25, -0.2) is 0 Å². The van der Waals surface area contributed by atoms with E-state index in [2.05, 4.69) is 0 Å². The molecule has 16 heavy (non-hydrogen) atoms. The topological polar surface area (TPSA) is 70.5 Å². The predicted molar refractivity (Wildman–Crippen MR) is 65.0 cm³/mol. The fourth-order valence-corrected chi connectivity index (χ4v) is 1.75. The van der Waals surface area contributed by atoms with Crippen LogP contribution in [0.5, 0.6) is 11.5 Å². The second-order valence-electron chi connectivity index (χ2n) is 3.81. The molecule has 1 aromatic carbocycles. The highest BCUT2D eigenvalue weighted by atomic mass is 16.5. The van der Waals surface area contributed by atoms with Crippen LogP contribution in [0.2, 0.25) is 0 Å². The van der Waals surface area contributed by atoms with Gasteiger partial charge >= 0.3 is 0 Å². The van der Waals surface area contributed by atoms with Crippen LogP contribution in [0.1, 0.15) is 18.4 Å². The Bertz CT molecular complexity index is 340. The summed E-state index contributed by atoms with van der Waals surface area (Å²) in [5.41, 5.74) is 12.7. The molecule has 0 amide bonds. The smallest absolute Gasteiger partial charge is 0.126 e. The predicted octanol–water partition coefficient (Wildman–Crippen LogP) is 1.09. The lowest BCUT2D eigenvalue weighted by Gasteiger charge is -2.22. The Hall–Kier alpha value is -1.26. The number of nitrogens with two attached hydrogens (primary N) is 2. The van der Waals surface area contributed by atoms with Crippen LogP contribution in [0.15, 0.2) is 18.2 Å². The van der Waals surface area contributed by atoms with Crippen molar-refractivity contribution in [3.8, 4) is 11.5 Å². The molecule has 0 saturated heterocycles. The summed E-state index contributed by atoms with van der Waals surface area (Å²) in [6, 6.07) is 5.69. The van der Waals surface area contributed by atoms with Gasteiger partial charge < -0.3 is 20.9 Å². The minimum Gasteiger partial charge on any atom is -0.497 e. The lowest BCUT2D eigenvalue weighted by atomic mass is 9.92. The molecule has 0 aromatic heterocycles. The zero-order chi connectivity index (χ0) is 12.1. The Labute approximate surface area is 96.5 Å². The highest BCUT2D eigenvalue weighted by Gasteiger charge is 2.18. The molecule has 0 radical (unpaired) electrons. The maximum absolute atomic E-state index is 5.91. The molecule has 1 rings (SSSR count). The highest BCUT2D eigenvalue weighted by Crippen LogP contribution is 2.31. The molecule has 0 aliphatic heterocycles. The molecule has 0 fully saturated rings. The number of hydrogen-bond acceptors (Lipinski definition) is 4. The molecular weight excluding hydrogens is 204 g/mol. The summed E-state index contributed by atoms with van der Waals surface area (Å²) in [5.74, 6) is 1.63. The van der Waals surface area contributed by atoms with E-state index in [0.717, 1.165) is 17.1 Å². The minimum absolute atomic E-state index is 0.00713. The van der Waals surface area contributed by atoms with Crippen molar-refractivity contribution >= 4 is 0 Å². The number of methoxy groups -OCH3 is 2. The van der Waals surface area contributed by atoms with Crippen molar-refractivity contribution in [1.29, 1.82) is 0 Å². The molecule has 90 valence electrons. The van der Waals surface area contributed by atoms with E-state index in [0.29, 0.717) is 6.54 Å². The van der Waals surface area contributed by atoms with Crippen LogP contribution in [0, 0.1) is 0 Å². The van der Waals surface area contributed by atoms with E-state index in [1.54, 1.807) is 14.2 Å². The van der Waals surface area contributed by atoms with Gasteiger partial charge in [-0.15, -0.1) is 0 Å². The van der Waals surface area contributed by atoms with Crippen LogP contribution in [0.25, 0.3) is 0 Å². The highest BCUT2D eigenvalue weighted by molar-refractivity contribution is 5.43. The van der Waals surface area contributed by atoms with Gasteiger partial charge in [-0.3, -0.25) is 0 Å². The molecule has 4 nitrogen and oxygen atoms in total. The number of rotatable bonds is 5. The van der Waals surface area contributed by atoms with Gasteiger partial charge in [0, 0.05) is 30.1 Å². The summed E-state index contributed by atoms with van der Waals surface area (Å²) >= 11 is 0. The standard InChI is InChI=1S/C12H20N2O2/c1-8(14)11(7-13)10-5-4-9(15-2)6-12(10)16-3/h4-6,8,11H,7,13-14H2,1-3H3. The van der Waals surface area contributed by atoms with Crippen molar-refractivity contribution in [2.45, 2.75) is 18.9 Å². The molecule has 0 bridgehead atoms. The van der Waals surface area contributed by atoms with Gasteiger partial charge in [-0.05, 0) is 13.0 Å². The lowest BCUT2D eigenvalue weighted by molar-refractivity contribution is 0.386. The second kappa shape index (κ2) is 5.72. The number of hydrogen-bond donors (Lipinski definition) is 2.